The molecular formula is C15H22N4O. The Hall–Kier alpha value is -1.36. The fourth-order valence-corrected chi connectivity index (χ4v) is 4.02. The third-order valence-electron chi connectivity index (χ3n) is 5.43. The fourth-order valence-electron chi connectivity index (χ4n) is 4.02. The fraction of sp³-hybridized carbons (Fsp3) is 0.733. The quantitative estimate of drug-likeness (QED) is 0.820. The molecule has 0 aromatic carbocycles. The third-order valence-corrected chi connectivity index (χ3v) is 5.43. The van der Waals surface area contributed by atoms with Crippen LogP contribution in [0, 0.1) is 11.3 Å². The largest absolute Gasteiger partial charge is 0.338 e. The van der Waals surface area contributed by atoms with E-state index in [4.69, 9.17) is 0 Å². The van der Waals surface area contributed by atoms with E-state index in [1.807, 2.05) is 17.9 Å². The van der Waals surface area contributed by atoms with Crippen molar-refractivity contribution in [1.29, 1.82) is 0 Å². The number of fused-ring (bicyclic) bond motifs is 1. The topological polar surface area (TPSA) is 50.2 Å². The molecule has 1 spiro atoms. The van der Waals surface area contributed by atoms with Crippen molar-refractivity contribution in [3.05, 3.63) is 17.5 Å². The van der Waals surface area contributed by atoms with Gasteiger partial charge in [0.2, 0.25) is 5.91 Å². The molecule has 1 amide bonds. The standard InChI is InChI=1S/C15H22N4O/c1-18-13-3-2-6-19(9-11(13)8-17-18)14(20)12-7-15(12)4-5-16-10-15/h8,12,16H,2-7,9-10H2,1H3. The Kier molecular flexibility index (Phi) is 2.67. The van der Waals surface area contributed by atoms with Gasteiger partial charge >= 0.3 is 0 Å². The van der Waals surface area contributed by atoms with E-state index in [0.717, 1.165) is 45.4 Å². The van der Waals surface area contributed by atoms with Crippen LogP contribution in [0.25, 0.3) is 0 Å². The molecular weight excluding hydrogens is 252 g/mol. The average molecular weight is 274 g/mol. The Labute approximate surface area is 119 Å². The molecule has 0 radical (unpaired) electrons. The van der Waals surface area contributed by atoms with Gasteiger partial charge in [0.15, 0.2) is 0 Å². The lowest BCUT2D eigenvalue weighted by molar-refractivity contribution is -0.134. The molecule has 1 saturated carbocycles. The maximum Gasteiger partial charge on any atom is 0.226 e. The predicted octanol–water partition coefficient (Wildman–Crippen LogP) is 0.694. The van der Waals surface area contributed by atoms with Crippen molar-refractivity contribution in [2.45, 2.75) is 32.2 Å². The number of nitrogens with zero attached hydrogens (tertiary/aromatic N) is 3. The summed E-state index contributed by atoms with van der Waals surface area (Å²) in [6.07, 6.45) is 6.29. The second-order valence-corrected chi connectivity index (χ2v) is 6.65. The van der Waals surface area contributed by atoms with Gasteiger partial charge in [-0.3, -0.25) is 9.48 Å². The van der Waals surface area contributed by atoms with E-state index in [9.17, 15) is 4.79 Å². The van der Waals surface area contributed by atoms with Crippen molar-refractivity contribution < 1.29 is 4.79 Å². The van der Waals surface area contributed by atoms with Crippen LogP contribution < -0.4 is 5.32 Å². The second-order valence-electron chi connectivity index (χ2n) is 6.65. The number of carbonyl (C=O) groups excluding carboxylic acids is 1. The zero-order valence-electron chi connectivity index (χ0n) is 12.1. The summed E-state index contributed by atoms with van der Waals surface area (Å²) in [5.74, 6) is 0.654. The summed E-state index contributed by atoms with van der Waals surface area (Å²) >= 11 is 0. The number of aromatic nitrogens is 2. The lowest BCUT2D eigenvalue weighted by Gasteiger charge is -2.21. The van der Waals surface area contributed by atoms with Crippen LogP contribution in [-0.2, 0) is 24.8 Å². The van der Waals surface area contributed by atoms with Gasteiger partial charge in [-0.15, -0.1) is 0 Å². The number of hydrogen-bond donors (Lipinski definition) is 1. The normalized spacial score (nSPS) is 32.2. The molecule has 2 fully saturated rings. The molecule has 2 atom stereocenters. The second kappa shape index (κ2) is 4.32. The van der Waals surface area contributed by atoms with Crippen molar-refractivity contribution in [1.82, 2.24) is 20.0 Å². The summed E-state index contributed by atoms with van der Waals surface area (Å²) in [4.78, 5) is 14.8. The number of nitrogens with one attached hydrogen (secondary N) is 1. The van der Waals surface area contributed by atoms with Gasteiger partial charge < -0.3 is 10.2 Å². The zero-order chi connectivity index (χ0) is 13.7. The van der Waals surface area contributed by atoms with Gasteiger partial charge in [0.1, 0.15) is 0 Å². The minimum absolute atomic E-state index is 0.274. The molecule has 1 aromatic heterocycles. The molecule has 1 aromatic rings. The van der Waals surface area contributed by atoms with Gasteiger partial charge in [0.05, 0.1) is 6.20 Å². The summed E-state index contributed by atoms with van der Waals surface area (Å²) in [6, 6.07) is 0. The maximum atomic E-state index is 12.8. The SMILES string of the molecule is Cn1ncc2c1CCCN(C(=O)C1CC13CCNC3)C2. The minimum atomic E-state index is 0.274. The van der Waals surface area contributed by atoms with Crippen LogP contribution in [0.2, 0.25) is 0 Å². The van der Waals surface area contributed by atoms with E-state index in [1.165, 1.54) is 17.7 Å². The van der Waals surface area contributed by atoms with E-state index >= 15 is 0 Å². The third kappa shape index (κ3) is 1.79. The van der Waals surface area contributed by atoms with Crippen molar-refractivity contribution >= 4 is 5.91 Å². The Bertz CT molecular complexity index is 544. The number of rotatable bonds is 1. The smallest absolute Gasteiger partial charge is 0.226 e. The molecule has 1 saturated heterocycles. The van der Waals surface area contributed by atoms with Crippen LogP contribution in [0.3, 0.4) is 0 Å². The van der Waals surface area contributed by atoms with E-state index in [0.29, 0.717) is 11.3 Å². The highest BCUT2D eigenvalue weighted by Gasteiger charge is 2.59. The molecule has 2 unspecified atom stereocenters. The van der Waals surface area contributed by atoms with E-state index in [2.05, 4.69) is 15.3 Å². The molecule has 1 N–H and O–H groups in total. The molecule has 3 aliphatic rings. The van der Waals surface area contributed by atoms with Crippen molar-refractivity contribution in [3.63, 3.8) is 0 Å². The lowest BCUT2D eigenvalue weighted by Crippen LogP contribution is -2.33. The first-order chi connectivity index (χ1) is 9.70. The van der Waals surface area contributed by atoms with Crippen molar-refractivity contribution in [2.75, 3.05) is 19.6 Å². The molecule has 20 heavy (non-hydrogen) atoms. The predicted molar refractivity (Wildman–Crippen MR) is 75.0 cm³/mol. The first-order valence-corrected chi connectivity index (χ1v) is 7.69. The molecule has 1 aliphatic carbocycles. The van der Waals surface area contributed by atoms with Crippen LogP contribution >= 0.6 is 0 Å². The van der Waals surface area contributed by atoms with E-state index in [1.54, 1.807) is 0 Å². The van der Waals surface area contributed by atoms with Crippen molar-refractivity contribution in [3.8, 4) is 0 Å². The maximum absolute atomic E-state index is 12.8. The van der Waals surface area contributed by atoms with Gasteiger partial charge in [-0.05, 0) is 37.6 Å². The molecule has 3 heterocycles. The molecule has 4 rings (SSSR count). The summed E-state index contributed by atoms with van der Waals surface area (Å²) < 4.78 is 1.96. The minimum Gasteiger partial charge on any atom is -0.338 e. The Balaban J connectivity index is 1.50. The molecule has 0 bridgehead atoms. The van der Waals surface area contributed by atoms with Crippen LogP contribution in [0.5, 0.6) is 0 Å². The first-order valence-electron chi connectivity index (χ1n) is 7.69. The Morgan fingerprint density at radius 1 is 1.55 bits per heavy atom. The average Bonchev–Trinajstić information content (AvgIpc) is 2.87. The van der Waals surface area contributed by atoms with Crippen LogP contribution in [0.4, 0.5) is 0 Å². The van der Waals surface area contributed by atoms with E-state index in [-0.39, 0.29) is 5.92 Å². The lowest BCUT2D eigenvalue weighted by atomic mass is 10.0. The van der Waals surface area contributed by atoms with E-state index < -0.39 is 0 Å². The molecule has 5 nitrogen and oxygen atoms in total. The van der Waals surface area contributed by atoms with Crippen LogP contribution in [-0.4, -0.2) is 40.2 Å². The van der Waals surface area contributed by atoms with Gasteiger partial charge in [-0.1, -0.05) is 0 Å². The number of amides is 1. The Morgan fingerprint density at radius 2 is 2.45 bits per heavy atom. The van der Waals surface area contributed by atoms with Gasteiger partial charge in [0, 0.05) is 43.9 Å². The van der Waals surface area contributed by atoms with Gasteiger partial charge in [-0.2, -0.15) is 5.10 Å². The highest BCUT2D eigenvalue weighted by molar-refractivity contribution is 5.83. The molecule has 5 heteroatoms. The summed E-state index contributed by atoms with van der Waals surface area (Å²) in [5.41, 5.74) is 2.84. The van der Waals surface area contributed by atoms with Gasteiger partial charge in [-0.25, -0.2) is 0 Å². The monoisotopic (exact) mass is 274 g/mol. The number of hydrogen-bond acceptors (Lipinski definition) is 3. The first kappa shape index (κ1) is 12.4. The zero-order valence-corrected chi connectivity index (χ0v) is 12.1. The molecule has 108 valence electrons. The summed E-state index contributed by atoms with van der Waals surface area (Å²) in [5, 5.41) is 7.74. The van der Waals surface area contributed by atoms with Crippen LogP contribution in [0.1, 0.15) is 30.5 Å². The highest BCUT2D eigenvalue weighted by Crippen LogP contribution is 2.57. The van der Waals surface area contributed by atoms with Crippen LogP contribution in [0.15, 0.2) is 6.20 Å². The number of aryl methyl sites for hydroxylation is 1. The summed E-state index contributed by atoms with van der Waals surface area (Å²) in [6.45, 7) is 3.77. The molecule has 2 aliphatic heterocycles. The summed E-state index contributed by atoms with van der Waals surface area (Å²) in [7, 11) is 2.00. The number of carbonyl (C=O) groups is 1. The van der Waals surface area contributed by atoms with Gasteiger partial charge in [0.25, 0.3) is 0 Å². The highest BCUT2D eigenvalue weighted by atomic mass is 16.2. The van der Waals surface area contributed by atoms with Crippen molar-refractivity contribution in [2.24, 2.45) is 18.4 Å². The Morgan fingerprint density at radius 3 is 3.25 bits per heavy atom.